The van der Waals surface area contributed by atoms with Crippen LogP contribution in [-0.4, -0.2) is 48.9 Å². The number of nitrogens with zero attached hydrogens (tertiary/aromatic N) is 5. The number of aryl methyl sites for hydroxylation is 1. The van der Waals surface area contributed by atoms with Gasteiger partial charge in [0.05, 0.1) is 45.9 Å². The van der Waals surface area contributed by atoms with Gasteiger partial charge in [-0.3, -0.25) is 18.8 Å². The van der Waals surface area contributed by atoms with E-state index in [1.165, 1.54) is 40.1 Å². The van der Waals surface area contributed by atoms with Crippen LogP contribution in [0, 0.1) is 17.7 Å². The molecule has 0 saturated carbocycles. The zero-order valence-electron chi connectivity index (χ0n) is 18.7. The molecule has 0 unspecified atom stereocenters. The van der Waals surface area contributed by atoms with E-state index in [2.05, 4.69) is 37.9 Å². The molecule has 11 heteroatoms. The molecule has 0 aliphatic carbocycles. The molecule has 1 saturated heterocycles. The Balaban J connectivity index is 1.62. The van der Waals surface area contributed by atoms with Gasteiger partial charge in [0.2, 0.25) is 5.91 Å². The van der Waals surface area contributed by atoms with Crippen LogP contribution in [0.4, 0.5) is 8.78 Å². The topological polar surface area (TPSA) is 73.0 Å². The van der Waals surface area contributed by atoms with Gasteiger partial charge in [-0.05, 0) is 46.5 Å². The smallest absolute Gasteiger partial charge is 0.263 e. The van der Waals surface area contributed by atoms with Gasteiger partial charge in [0.1, 0.15) is 22.9 Å². The second-order valence-corrected chi connectivity index (χ2v) is 10.5. The highest BCUT2D eigenvalue weighted by Gasteiger charge is 2.41. The molecule has 1 aliphatic rings. The van der Waals surface area contributed by atoms with Gasteiger partial charge in [-0.15, -0.1) is 11.3 Å². The van der Waals surface area contributed by atoms with Crippen molar-refractivity contribution in [3.8, 4) is 23.0 Å². The Kier molecular flexibility index (Phi) is 5.81. The van der Waals surface area contributed by atoms with Crippen LogP contribution in [0.25, 0.3) is 21.3 Å². The highest BCUT2D eigenvalue weighted by molar-refractivity contribution is 9.10. The van der Waals surface area contributed by atoms with Crippen LogP contribution < -0.4 is 5.56 Å². The minimum atomic E-state index is -1.40. The van der Waals surface area contributed by atoms with Crippen LogP contribution >= 0.6 is 27.3 Å². The third kappa shape index (κ3) is 4.51. The Morgan fingerprint density at radius 3 is 2.74 bits per heavy atom. The molecule has 1 aromatic carbocycles. The summed E-state index contributed by atoms with van der Waals surface area (Å²) in [6, 6.07) is 4.45. The summed E-state index contributed by atoms with van der Waals surface area (Å²) in [6.07, 6.45) is 4.71. The highest BCUT2D eigenvalue weighted by Crippen LogP contribution is 2.37. The number of likely N-dealkylation sites (tertiary alicyclic amines) is 1. The quantitative estimate of drug-likeness (QED) is 0.360. The number of fused-ring (bicyclic) bond motifs is 1. The summed E-state index contributed by atoms with van der Waals surface area (Å²) < 4.78 is 30.9. The number of carbonyl (C=O) groups excluding carboxylic acids is 1. The van der Waals surface area contributed by atoms with E-state index in [-0.39, 0.29) is 30.0 Å². The van der Waals surface area contributed by atoms with Crippen LogP contribution in [-0.2, 0) is 18.4 Å². The summed E-state index contributed by atoms with van der Waals surface area (Å²) in [5, 5.41) is 4.40. The summed E-state index contributed by atoms with van der Waals surface area (Å²) in [6.45, 7) is 1.18. The van der Waals surface area contributed by atoms with Crippen LogP contribution in [0.5, 0.6) is 0 Å². The van der Waals surface area contributed by atoms with Crippen molar-refractivity contribution in [1.82, 2.24) is 24.2 Å². The molecule has 0 radical (unpaired) electrons. The van der Waals surface area contributed by atoms with Crippen LogP contribution in [0.1, 0.15) is 17.4 Å². The van der Waals surface area contributed by atoms with Gasteiger partial charge in [0, 0.05) is 18.8 Å². The van der Waals surface area contributed by atoms with Gasteiger partial charge < -0.3 is 4.90 Å². The molecular weight excluding hydrogens is 540 g/mol. The number of hydrogen-bond donors (Lipinski definition) is 0. The van der Waals surface area contributed by atoms with E-state index in [0.29, 0.717) is 31.8 Å². The molecule has 1 amide bonds. The maximum Gasteiger partial charge on any atom is 0.263 e. The van der Waals surface area contributed by atoms with Gasteiger partial charge in [-0.25, -0.2) is 13.8 Å². The normalized spacial score (nSPS) is 14.5. The van der Waals surface area contributed by atoms with Crippen molar-refractivity contribution >= 4 is 43.4 Å². The Morgan fingerprint density at radius 1 is 1.31 bits per heavy atom. The molecule has 7 nitrogen and oxygen atoms in total. The summed E-state index contributed by atoms with van der Waals surface area (Å²) in [4.78, 5) is 32.9. The fourth-order valence-electron chi connectivity index (χ4n) is 3.94. The number of benzene rings is 1. The predicted molar refractivity (Wildman–Crippen MR) is 132 cm³/mol. The minimum Gasteiger partial charge on any atom is -0.335 e. The number of carbonyl (C=O) groups is 1. The Morgan fingerprint density at radius 2 is 2.09 bits per heavy atom. The first-order valence-electron chi connectivity index (χ1n) is 10.6. The number of alkyl halides is 1. The third-order valence-electron chi connectivity index (χ3n) is 5.61. The second kappa shape index (κ2) is 8.70. The van der Waals surface area contributed by atoms with E-state index in [9.17, 15) is 18.4 Å². The second-order valence-electron chi connectivity index (χ2n) is 8.61. The first-order valence-corrected chi connectivity index (χ1v) is 12.2. The lowest BCUT2D eigenvalue weighted by atomic mass is 9.99. The lowest BCUT2D eigenvalue weighted by molar-refractivity contribution is -0.144. The maximum absolute atomic E-state index is 14.0. The molecule has 178 valence electrons. The minimum absolute atomic E-state index is 0.00234. The van der Waals surface area contributed by atoms with Crippen LogP contribution in [0.3, 0.4) is 0 Å². The molecule has 4 heterocycles. The van der Waals surface area contributed by atoms with E-state index < -0.39 is 17.0 Å². The molecule has 35 heavy (non-hydrogen) atoms. The van der Waals surface area contributed by atoms with Crippen molar-refractivity contribution in [3.63, 3.8) is 0 Å². The summed E-state index contributed by atoms with van der Waals surface area (Å²) in [7, 11) is 1.79. The lowest BCUT2D eigenvalue weighted by Gasteiger charge is -2.42. The van der Waals surface area contributed by atoms with Crippen molar-refractivity contribution in [2.75, 3.05) is 13.1 Å². The first kappa shape index (κ1) is 23.4. The fourth-order valence-corrected chi connectivity index (χ4v) is 5.33. The number of thiophene rings is 1. The zero-order valence-corrected chi connectivity index (χ0v) is 21.1. The highest BCUT2D eigenvalue weighted by atomic mass is 79.9. The van der Waals surface area contributed by atoms with Crippen molar-refractivity contribution in [1.29, 1.82) is 0 Å². The standard InChI is InChI=1S/C24H18BrF2N5O2S/c1-24(27)11-32(12-24)19(33)10-31-13-28-22-21(23(31)34)20(15-4-5-17(26)16(25)7-15)18(35-22)6-3-14-8-29-30(2)9-14/h4-5,7-9,13H,10-12H2,1-2H3. The van der Waals surface area contributed by atoms with Crippen LogP contribution in [0.15, 0.2) is 46.2 Å². The monoisotopic (exact) mass is 557 g/mol. The van der Waals surface area contributed by atoms with Crippen molar-refractivity contribution in [3.05, 3.63) is 68.0 Å². The molecule has 1 fully saturated rings. The molecule has 4 aromatic rings. The summed E-state index contributed by atoms with van der Waals surface area (Å²) in [5.74, 6) is 5.34. The Bertz CT molecular complexity index is 1600. The van der Waals surface area contributed by atoms with Gasteiger partial charge >= 0.3 is 0 Å². The van der Waals surface area contributed by atoms with Gasteiger partial charge in [-0.2, -0.15) is 5.10 Å². The molecule has 3 aromatic heterocycles. The van der Waals surface area contributed by atoms with Gasteiger partial charge in [-0.1, -0.05) is 12.0 Å². The number of halogens is 3. The Hall–Kier alpha value is -3.36. The summed E-state index contributed by atoms with van der Waals surface area (Å²) >= 11 is 4.44. The third-order valence-corrected chi connectivity index (χ3v) is 7.23. The van der Waals surface area contributed by atoms with Crippen molar-refractivity contribution < 1.29 is 13.6 Å². The molecular formula is C24H18BrF2N5O2S. The van der Waals surface area contributed by atoms with Crippen LogP contribution in [0.2, 0.25) is 0 Å². The van der Waals surface area contributed by atoms with E-state index in [0.717, 1.165) is 0 Å². The molecule has 0 atom stereocenters. The molecule has 0 spiro atoms. The predicted octanol–water partition coefficient (Wildman–Crippen LogP) is 3.73. The molecule has 5 rings (SSSR count). The summed E-state index contributed by atoms with van der Waals surface area (Å²) in [5.41, 5.74) is -0.0311. The lowest BCUT2D eigenvalue weighted by Crippen LogP contribution is -2.60. The van der Waals surface area contributed by atoms with Crippen molar-refractivity contribution in [2.45, 2.75) is 19.1 Å². The molecule has 1 aliphatic heterocycles. The molecule has 0 N–H and O–H groups in total. The van der Waals surface area contributed by atoms with E-state index in [4.69, 9.17) is 0 Å². The van der Waals surface area contributed by atoms with E-state index in [1.807, 2.05) is 0 Å². The zero-order chi connectivity index (χ0) is 24.9. The maximum atomic E-state index is 14.0. The number of rotatable bonds is 3. The van der Waals surface area contributed by atoms with E-state index in [1.54, 1.807) is 36.3 Å². The fraction of sp³-hybridized carbons (Fsp3) is 0.250. The van der Waals surface area contributed by atoms with E-state index >= 15 is 0 Å². The Labute approximate surface area is 211 Å². The largest absolute Gasteiger partial charge is 0.335 e. The number of hydrogen-bond acceptors (Lipinski definition) is 5. The van der Waals surface area contributed by atoms with Gasteiger partial charge in [0.25, 0.3) is 5.56 Å². The number of aromatic nitrogens is 4. The molecule has 0 bridgehead atoms. The first-order chi connectivity index (χ1) is 16.6. The average molecular weight is 558 g/mol. The van der Waals surface area contributed by atoms with Gasteiger partial charge in [0.15, 0.2) is 0 Å². The SMILES string of the molecule is Cn1cc(C#Cc2sc3ncn(CC(=O)N4CC(C)(F)C4)c(=O)c3c2-c2ccc(F)c(Br)c2)cn1. The van der Waals surface area contributed by atoms with Crippen molar-refractivity contribution in [2.24, 2.45) is 7.05 Å². The average Bonchev–Trinajstić information content (AvgIpc) is 3.37. The number of amides is 1.